The molecule has 1 aromatic carbocycles. The van der Waals surface area contributed by atoms with Crippen LogP contribution in [0.25, 0.3) is 0 Å². The van der Waals surface area contributed by atoms with Crippen LogP contribution in [0.3, 0.4) is 0 Å². The third-order valence-electron chi connectivity index (χ3n) is 2.43. The van der Waals surface area contributed by atoms with Gasteiger partial charge in [-0.2, -0.15) is 0 Å². The Balaban J connectivity index is 2.42. The third-order valence-corrected chi connectivity index (χ3v) is 3.76. The fraction of sp³-hybridized carbons (Fsp3) is 0.182. The van der Waals surface area contributed by atoms with Crippen LogP contribution in [0, 0.1) is 6.92 Å². The number of aryl methyl sites for hydroxylation is 1. The largest absolute Gasteiger partial charge is 0.478 e. The number of hydrogen-bond acceptors (Lipinski definition) is 4. The highest BCUT2D eigenvalue weighted by Gasteiger charge is 2.14. The number of benzene rings is 1. The van der Waals surface area contributed by atoms with E-state index in [0.29, 0.717) is 15.1 Å². The minimum absolute atomic E-state index is 0.199. The molecule has 0 aliphatic rings. The predicted molar refractivity (Wildman–Crippen MR) is 68.3 cm³/mol. The number of nitrogens with zero attached hydrogens (tertiary/aromatic N) is 3. The molecule has 0 amide bonds. The average molecular weight is 284 g/mol. The van der Waals surface area contributed by atoms with Gasteiger partial charge in [-0.1, -0.05) is 11.6 Å². The van der Waals surface area contributed by atoms with Gasteiger partial charge in [0, 0.05) is 17.0 Å². The summed E-state index contributed by atoms with van der Waals surface area (Å²) in [7, 11) is 1.82. The molecule has 2 aromatic rings. The van der Waals surface area contributed by atoms with E-state index < -0.39 is 5.97 Å². The highest BCUT2D eigenvalue weighted by Crippen LogP contribution is 2.31. The first-order chi connectivity index (χ1) is 8.49. The normalized spacial score (nSPS) is 10.6. The van der Waals surface area contributed by atoms with Crippen molar-refractivity contribution in [3.63, 3.8) is 0 Å². The van der Waals surface area contributed by atoms with E-state index >= 15 is 0 Å². The van der Waals surface area contributed by atoms with E-state index in [1.807, 2.05) is 14.0 Å². The van der Waals surface area contributed by atoms with Crippen LogP contribution in [0.2, 0.25) is 5.02 Å². The SMILES string of the molecule is Cc1nnc(Sc2cc(Cl)ccc2C(=O)O)n1C. The lowest BCUT2D eigenvalue weighted by molar-refractivity contribution is 0.0693. The number of aromatic nitrogens is 3. The molecule has 2 rings (SSSR count). The molecule has 1 aromatic heterocycles. The Morgan fingerprint density at radius 1 is 1.44 bits per heavy atom. The van der Waals surface area contributed by atoms with Crippen molar-refractivity contribution in [2.75, 3.05) is 0 Å². The Morgan fingerprint density at radius 3 is 2.72 bits per heavy atom. The molecule has 0 fully saturated rings. The number of halogens is 1. The summed E-state index contributed by atoms with van der Waals surface area (Å²) >= 11 is 7.11. The lowest BCUT2D eigenvalue weighted by Crippen LogP contribution is -2.00. The van der Waals surface area contributed by atoms with Crippen molar-refractivity contribution in [3.8, 4) is 0 Å². The van der Waals surface area contributed by atoms with E-state index in [4.69, 9.17) is 16.7 Å². The molecule has 0 saturated carbocycles. The first-order valence-electron chi connectivity index (χ1n) is 5.05. The Kier molecular flexibility index (Phi) is 3.58. The zero-order valence-corrected chi connectivity index (χ0v) is 11.3. The molecule has 1 N–H and O–H groups in total. The summed E-state index contributed by atoms with van der Waals surface area (Å²) in [5.41, 5.74) is 0.199. The molecule has 18 heavy (non-hydrogen) atoms. The van der Waals surface area contributed by atoms with E-state index in [9.17, 15) is 4.79 Å². The lowest BCUT2D eigenvalue weighted by atomic mass is 10.2. The third kappa shape index (κ3) is 2.49. The number of carboxylic acids is 1. The van der Waals surface area contributed by atoms with Crippen molar-refractivity contribution in [2.45, 2.75) is 17.0 Å². The van der Waals surface area contributed by atoms with Gasteiger partial charge in [0.05, 0.1) is 5.56 Å². The van der Waals surface area contributed by atoms with Crippen LogP contribution < -0.4 is 0 Å². The number of carboxylic acid groups (broad SMARTS) is 1. The second kappa shape index (κ2) is 4.99. The number of hydrogen-bond donors (Lipinski definition) is 1. The lowest BCUT2D eigenvalue weighted by Gasteiger charge is -2.05. The molecule has 0 aliphatic heterocycles. The second-order valence-corrected chi connectivity index (χ2v) is 5.08. The highest BCUT2D eigenvalue weighted by atomic mass is 35.5. The Bertz CT molecular complexity index is 612. The Morgan fingerprint density at radius 2 is 2.17 bits per heavy atom. The molecule has 0 bridgehead atoms. The molecule has 0 unspecified atom stereocenters. The van der Waals surface area contributed by atoms with Crippen molar-refractivity contribution in [3.05, 3.63) is 34.6 Å². The summed E-state index contributed by atoms with van der Waals surface area (Å²) in [6, 6.07) is 4.65. The van der Waals surface area contributed by atoms with Gasteiger partial charge in [0.15, 0.2) is 5.16 Å². The van der Waals surface area contributed by atoms with Crippen LogP contribution in [0.1, 0.15) is 16.2 Å². The van der Waals surface area contributed by atoms with Crippen molar-refractivity contribution >= 4 is 29.3 Å². The summed E-state index contributed by atoms with van der Waals surface area (Å²) in [5.74, 6) is -0.232. The summed E-state index contributed by atoms with van der Waals surface area (Å²) < 4.78 is 1.79. The Hall–Kier alpha value is -1.53. The second-order valence-electron chi connectivity index (χ2n) is 3.64. The van der Waals surface area contributed by atoms with Crippen molar-refractivity contribution < 1.29 is 9.90 Å². The van der Waals surface area contributed by atoms with E-state index in [0.717, 1.165) is 5.82 Å². The van der Waals surface area contributed by atoms with Crippen molar-refractivity contribution in [1.82, 2.24) is 14.8 Å². The first-order valence-corrected chi connectivity index (χ1v) is 6.25. The molecule has 0 aliphatic carbocycles. The van der Waals surface area contributed by atoms with Crippen LogP contribution >= 0.6 is 23.4 Å². The smallest absolute Gasteiger partial charge is 0.336 e. The van der Waals surface area contributed by atoms with Gasteiger partial charge in [-0.3, -0.25) is 0 Å². The number of rotatable bonds is 3. The highest BCUT2D eigenvalue weighted by molar-refractivity contribution is 7.99. The Labute approximate surface area is 113 Å². The maximum Gasteiger partial charge on any atom is 0.336 e. The zero-order chi connectivity index (χ0) is 13.3. The van der Waals surface area contributed by atoms with Gasteiger partial charge < -0.3 is 9.67 Å². The van der Waals surface area contributed by atoms with Gasteiger partial charge in [-0.15, -0.1) is 10.2 Å². The monoisotopic (exact) mass is 283 g/mol. The van der Waals surface area contributed by atoms with Crippen molar-refractivity contribution in [1.29, 1.82) is 0 Å². The zero-order valence-electron chi connectivity index (χ0n) is 9.72. The molecule has 1 heterocycles. The minimum atomic E-state index is -0.993. The molecular weight excluding hydrogens is 274 g/mol. The first kappa shape index (κ1) is 12.9. The van der Waals surface area contributed by atoms with Gasteiger partial charge in [0.1, 0.15) is 5.82 Å². The maximum absolute atomic E-state index is 11.1. The average Bonchev–Trinajstić information content (AvgIpc) is 2.61. The number of carbonyl (C=O) groups is 1. The fourth-order valence-electron chi connectivity index (χ4n) is 1.33. The van der Waals surface area contributed by atoms with Gasteiger partial charge >= 0.3 is 5.97 Å². The minimum Gasteiger partial charge on any atom is -0.478 e. The van der Waals surface area contributed by atoms with Gasteiger partial charge in [0.2, 0.25) is 0 Å². The van der Waals surface area contributed by atoms with Crippen LogP contribution in [-0.2, 0) is 7.05 Å². The van der Waals surface area contributed by atoms with E-state index in [-0.39, 0.29) is 5.56 Å². The molecule has 0 atom stereocenters. The quantitative estimate of drug-likeness (QED) is 0.938. The van der Waals surface area contributed by atoms with E-state index in [1.165, 1.54) is 17.8 Å². The maximum atomic E-state index is 11.1. The van der Waals surface area contributed by atoms with E-state index in [1.54, 1.807) is 16.7 Å². The molecule has 94 valence electrons. The van der Waals surface area contributed by atoms with Crippen LogP contribution in [0.5, 0.6) is 0 Å². The topological polar surface area (TPSA) is 68.0 Å². The van der Waals surface area contributed by atoms with Crippen LogP contribution in [0.4, 0.5) is 0 Å². The van der Waals surface area contributed by atoms with Gasteiger partial charge in [-0.05, 0) is 36.9 Å². The summed E-state index contributed by atoms with van der Waals surface area (Å²) in [4.78, 5) is 11.7. The van der Waals surface area contributed by atoms with Gasteiger partial charge in [0.25, 0.3) is 0 Å². The summed E-state index contributed by atoms with van der Waals surface area (Å²) in [6.45, 7) is 1.83. The van der Waals surface area contributed by atoms with Crippen LogP contribution in [0.15, 0.2) is 28.3 Å². The fourth-order valence-corrected chi connectivity index (χ4v) is 2.57. The molecule has 0 saturated heterocycles. The molecule has 0 spiro atoms. The van der Waals surface area contributed by atoms with Crippen LogP contribution in [-0.4, -0.2) is 25.8 Å². The summed E-state index contributed by atoms with van der Waals surface area (Å²) in [6.07, 6.45) is 0. The molecular formula is C11H10ClN3O2S. The molecule has 7 heteroatoms. The molecule has 5 nitrogen and oxygen atoms in total. The van der Waals surface area contributed by atoms with Crippen molar-refractivity contribution in [2.24, 2.45) is 7.05 Å². The predicted octanol–water partition coefficient (Wildman–Crippen LogP) is 2.63. The standard InChI is InChI=1S/C11H10ClN3O2S/c1-6-13-14-11(15(6)2)18-9-5-7(12)3-4-8(9)10(16)17/h3-5H,1-2H3,(H,16,17). The van der Waals surface area contributed by atoms with E-state index in [2.05, 4.69) is 10.2 Å². The summed E-state index contributed by atoms with van der Waals surface area (Å²) in [5, 5.41) is 18.1. The molecule has 0 radical (unpaired) electrons. The number of aromatic carboxylic acids is 1. The van der Waals surface area contributed by atoms with Gasteiger partial charge in [-0.25, -0.2) is 4.79 Å².